The highest BCUT2D eigenvalue weighted by Crippen LogP contribution is 2.24. The van der Waals surface area contributed by atoms with Crippen LogP contribution >= 0.6 is 0 Å². The number of anilines is 2. The Bertz CT molecular complexity index is 835. The number of carbonyl (C=O) groups is 1. The summed E-state index contributed by atoms with van der Waals surface area (Å²) in [5.41, 5.74) is 0.754. The first-order valence-corrected chi connectivity index (χ1v) is 9.53. The first kappa shape index (κ1) is 18.8. The van der Waals surface area contributed by atoms with Crippen molar-refractivity contribution in [3.8, 4) is 0 Å². The van der Waals surface area contributed by atoms with Crippen LogP contribution in [0.2, 0.25) is 0 Å². The number of aromatic carboxylic acids is 1. The molecule has 0 saturated carbocycles. The molecule has 2 aromatic rings. The van der Waals surface area contributed by atoms with Crippen LogP contribution in [0.3, 0.4) is 0 Å². The number of hydrogen-bond donors (Lipinski definition) is 3. The van der Waals surface area contributed by atoms with Crippen LogP contribution in [0.25, 0.3) is 0 Å². The van der Waals surface area contributed by atoms with Gasteiger partial charge < -0.3 is 10.4 Å². The summed E-state index contributed by atoms with van der Waals surface area (Å²) in [7, 11) is -3.87. The lowest BCUT2D eigenvalue weighted by Crippen LogP contribution is -2.18. The SMILES string of the molecule is CCCC(C)Nc1ccc(S(=O)(=O)Nc2ccccc2)cc1C(=O)O. The summed E-state index contributed by atoms with van der Waals surface area (Å²) in [6.45, 7) is 4.00. The number of sulfonamides is 1. The summed E-state index contributed by atoms with van der Waals surface area (Å²) < 4.78 is 27.4. The molecule has 1 unspecified atom stereocenters. The Morgan fingerprint density at radius 2 is 1.84 bits per heavy atom. The minimum Gasteiger partial charge on any atom is -0.478 e. The normalized spacial score (nSPS) is 12.4. The molecule has 134 valence electrons. The Balaban J connectivity index is 2.33. The predicted molar refractivity (Wildman–Crippen MR) is 98.6 cm³/mol. The number of rotatable bonds is 8. The number of benzene rings is 2. The third kappa shape index (κ3) is 4.96. The lowest BCUT2D eigenvalue weighted by atomic mass is 10.1. The minimum absolute atomic E-state index is 0.0705. The van der Waals surface area contributed by atoms with E-state index < -0.39 is 16.0 Å². The largest absolute Gasteiger partial charge is 0.478 e. The molecule has 6 nitrogen and oxygen atoms in total. The van der Waals surface area contributed by atoms with Crippen LogP contribution in [0.4, 0.5) is 11.4 Å². The molecule has 0 fully saturated rings. The third-order valence-electron chi connectivity index (χ3n) is 3.68. The molecule has 0 bridgehead atoms. The maximum absolute atomic E-state index is 12.5. The van der Waals surface area contributed by atoms with Crippen LogP contribution in [0, 0.1) is 0 Å². The molecule has 0 saturated heterocycles. The van der Waals surface area contributed by atoms with Crippen LogP contribution in [-0.4, -0.2) is 25.5 Å². The van der Waals surface area contributed by atoms with Crippen molar-refractivity contribution < 1.29 is 18.3 Å². The number of para-hydroxylation sites is 1. The van der Waals surface area contributed by atoms with Gasteiger partial charge in [-0.3, -0.25) is 4.72 Å². The standard InChI is InChI=1S/C18H22N2O4S/c1-3-7-13(2)19-17-11-10-15(12-16(17)18(21)22)25(23,24)20-14-8-5-4-6-9-14/h4-6,8-13,19-20H,3,7H2,1-2H3,(H,21,22). The first-order chi connectivity index (χ1) is 11.8. The van der Waals surface area contributed by atoms with E-state index in [1.807, 2.05) is 13.8 Å². The van der Waals surface area contributed by atoms with Crippen molar-refractivity contribution in [3.63, 3.8) is 0 Å². The Morgan fingerprint density at radius 3 is 2.44 bits per heavy atom. The third-order valence-corrected chi connectivity index (χ3v) is 5.06. The molecule has 3 N–H and O–H groups in total. The number of carboxylic acids is 1. The molecule has 0 aliphatic rings. The van der Waals surface area contributed by atoms with Crippen LogP contribution in [-0.2, 0) is 10.0 Å². The molecular weight excluding hydrogens is 340 g/mol. The van der Waals surface area contributed by atoms with Gasteiger partial charge in [0.2, 0.25) is 0 Å². The second-order valence-electron chi connectivity index (χ2n) is 5.82. The van der Waals surface area contributed by atoms with Gasteiger partial charge in [0.05, 0.1) is 10.5 Å². The Labute approximate surface area is 147 Å². The van der Waals surface area contributed by atoms with E-state index in [1.54, 1.807) is 30.3 Å². The molecule has 2 aromatic carbocycles. The molecule has 25 heavy (non-hydrogen) atoms. The van der Waals surface area contributed by atoms with Crippen molar-refractivity contribution in [1.29, 1.82) is 0 Å². The zero-order chi connectivity index (χ0) is 18.4. The van der Waals surface area contributed by atoms with Gasteiger partial charge in [0, 0.05) is 17.4 Å². The molecule has 0 heterocycles. The van der Waals surface area contributed by atoms with Crippen molar-refractivity contribution in [3.05, 3.63) is 54.1 Å². The zero-order valence-corrected chi connectivity index (χ0v) is 15.0. The molecule has 0 aliphatic carbocycles. The predicted octanol–water partition coefficient (Wildman–Crippen LogP) is 3.79. The van der Waals surface area contributed by atoms with E-state index in [0.717, 1.165) is 12.8 Å². The van der Waals surface area contributed by atoms with Gasteiger partial charge in [-0.2, -0.15) is 0 Å². The van der Waals surface area contributed by atoms with Gasteiger partial charge in [0.1, 0.15) is 0 Å². The highest BCUT2D eigenvalue weighted by atomic mass is 32.2. The van der Waals surface area contributed by atoms with E-state index in [9.17, 15) is 18.3 Å². The summed E-state index contributed by atoms with van der Waals surface area (Å²) in [6, 6.07) is 12.6. The maximum Gasteiger partial charge on any atom is 0.337 e. The lowest BCUT2D eigenvalue weighted by molar-refractivity contribution is 0.0697. The van der Waals surface area contributed by atoms with Crippen LogP contribution < -0.4 is 10.0 Å². The summed E-state index contributed by atoms with van der Waals surface area (Å²) in [5, 5.41) is 12.6. The van der Waals surface area contributed by atoms with Gasteiger partial charge in [-0.25, -0.2) is 13.2 Å². The van der Waals surface area contributed by atoms with E-state index >= 15 is 0 Å². The topological polar surface area (TPSA) is 95.5 Å². The van der Waals surface area contributed by atoms with E-state index in [4.69, 9.17) is 0 Å². The van der Waals surface area contributed by atoms with Crippen LogP contribution in [0.1, 0.15) is 37.0 Å². The smallest absolute Gasteiger partial charge is 0.337 e. The minimum atomic E-state index is -3.87. The monoisotopic (exact) mass is 362 g/mol. The van der Waals surface area contributed by atoms with Gasteiger partial charge in [0.25, 0.3) is 10.0 Å². The van der Waals surface area contributed by atoms with Crippen molar-refractivity contribution in [2.45, 2.75) is 37.6 Å². The molecule has 2 rings (SSSR count). The van der Waals surface area contributed by atoms with Crippen molar-refractivity contribution in [2.24, 2.45) is 0 Å². The number of carboxylic acid groups (broad SMARTS) is 1. The van der Waals surface area contributed by atoms with Crippen molar-refractivity contribution in [2.75, 3.05) is 10.0 Å². The van der Waals surface area contributed by atoms with E-state index in [0.29, 0.717) is 11.4 Å². The molecule has 0 radical (unpaired) electrons. The van der Waals surface area contributed by atoms with Gasteiger partial charge in [-0.1, -0.05) is 31.5 Å². The molecule has 0 spiro atoms. The van der Waals surface area contributed by atoms with Gasteiger partial charge in [0.15, 0.2) is 0 Å². The van der Waals surface area contributed by atoms with E-state index in [-0.39, 0.29) is 16.5 Å². The molecule has 7 heteroatoms. The van der Waals surface area contributed by atoms with Crippen molar-refractivity contribution >= 4 is 27.4 Å². The van der Waals surface area contributed by atoms with E-state index in [1.165, 1.54) is 18.2 Å². The number of hydrogen-bond acceptors (Lipinski definition) is 4. The molecule has 1 atom stereocenters. The van der Waals surface area contributed by atoms with Gasteiger partial charge in [-0.05, 0) is 43.7 Å². The zero-order valence-electron chi connectivity index (χ0n) is 14.2. The van der Waals surface area contributed by atoms with Crippen LogP contribution in [0.15, 0.2) is 53.4 Å². The maximum atomic E-state index is 12.5. The van der Waals surface area contributed by atoms with E-state index in [2.05, 4.69) is 10.0 Å². The fraction of sp³-hybridized carbons (Fsp3) is 0.278. The van der Waals surface area contributed by atoms with Crippen molar-refractivity contribution in [1.82, 2.24) is 0 Å². The first-order valence-electron chi connectivity index (χ1n) is 8.05. The molecule has 0 amide bonds. The molecular formula is C18H22N2O4S. The van der Waals surface area contributed by atoms with Gasteiger partial charge in [-0.15, -0.1) is 0 Å². The number of nitrogens with one attached hydrogen (secondary N) is 2. The molecule has 0 aliphatic heterocycles. The highest BCUT2D eigenvalue weighted by Gasteiger charge is 2.19. The summed E-state index contributed by atoms with van der Waals surface area (Å²) in [6.07, 6.45) is 1.85. The summed E-state index contributed by atoms with van der Waals surface area (Å²) >= 11 is 0. The van der Waals surface area contributed by atoms with Gasteiger partial charge >= 0.3 is 5.97 Å². The Kier molecular flexibility index (Phi) is 6.03. The summed E-state index contributed by atoms with van der Waals surface area (Å²) in [4.78, 5) is 11.4. The highest BCUT2D eigenvalue weighted by molar-refractivity contribution is 7.92. The average Bonchev–Trinajstić information content (AvgIpc) is 2.55. The Morgan fingerprint density at radius 1 is 1.16 bits per heavy atom. The summed E-state index contributed by atoms with van der Waals surface area (Å²) in [5.74, 6) is -1.18. The molecule has 0 aromatic heterocycles. The van der Waals surface area contributed by atoms with Crippen LogP contribution in [0.5, 0.6) is 0 Å². The fourth-order valence-electron chi connectivity index (χ4n) is 2.48. The average molecular weight is 362 g/mol. The fourth-order valence-corrected chi connectivity index (χ4v) is 3.57. The second-order valence-corrected chi connectivity index (χ2v) is 7.50. The second kappa shape index (κ2) is 8.02. The Hall–Kier alpha value is -2.54. The quantitative estimate of drug-likeness (QED) is 0.664. The lowest BCUT2D eigenvalue weighted by Gasteiger charge is -2.17.